The van der Waals surface area contributed by atoms with Gasteiger partial charge in [0.1, 0.15) is 6.61 Å². The monoisotopic (exact) mass is 522 g/mol. The zero-order valence-corrected chi connectivity index (χ0v) is 18.8. The molecule has 2 rings (SSSR count). The maximum absolute atomic E-state index is 12.1. The van der Waals surface area contributed by atoms with E-state index in [2.05, 4.69) is 31.4 Å². The van der Waals surface area contributed by atoms with E-state index in [1.165, 1.54) is 0 Å². The summed E-state index contributed by atoms with van der Waals surface area (Å²) in [6.07, 6.45) is -1.60. The SMILES string of the molecule is CN=C(NCCc1ccc(C)nc1)NCc1ccc(COCC(F)(F)F)cc1.I. The number of hydrogen-bond donors (Lipinski definition) is 2. The molecule has 0 aliphatic rings. The Balaban J connectivity index is 0.00000420. The van der Waals surface area contributed by atoms with Gasteiger partial charge in [-0.1, -0.05) is 30.3 Å². The van der Waals surface area contributed by atoms with Crippen LogP contribution < -0.4 is 10.6 Å². The first kappa shape index (κ1) is 25.2. The third-order valence-corrected chi connectivity index (χ3v) is 3.92. The summed E-state index contributed by atoms with van der Waals surface area (Å²) < 4.78 is 40.9. The Morgan fingerprint density at radius 1 is 1.03 bits per heavy atom. The summed E-state index contributed by atoms with van der Waals surface area (Å²) in [6.45, 7) is 1.92. The van der Waals surface area contributed by atoms with Gasteiger partial charge >= 0.3 is 6.18 Å². The molecule has 1 heterocycles. The summed E-state index contributed by atoms with van der Waals surface area (Å²) in [7, 11) is 1.70. The largest absolute Gasteiger partial charge is 0.411 e. The van der Waals surface area contributed by atoms with Crippen LogP contribution in [0.3, 0.4) is 0 Å². The minimum absolute atomic E-state index is 0. The van der Waals surface area contributed by atoms with Gasteiger partial charge in [0.15, 0.2) is 5.96 Å². The second-order valence-corrected chi connectivity index (χ2v) is 6.33. The molecule has 0 saturated heterocycles. The van der Waals surface area contributed by atoms with E-state index in [0.29, 0.717) is 18.1 Å². The van der Waals surface area contributed by atoms with Gasteiger partial charge in [0.2, 0.25) is 0 Å². The third-order valence-electron chi connectivity index (χ3n) is 3.92. The molecule has 160 valence electrons. The van der Waals surface area contributed by atoms with Crippen molar-refractivity contribution in [2.24, 2.45) is 4.99 Å². The van der Waals surface area contributed by atoms with Crippen LogP contribution in [0.25, 0.3) is 0 Å². The molecule has 0 spiro atoms. The highest BCUT2D eigenvalue weighted by Gasteiger charge is 2.27. The van der Waals surface area contributed by atoms with Gasteiger partial charge < -0.3 is 15.4 Å². The predicted molar refractivity (Wildman–Crippen MR) is 118 cm³/mol. The molecule has 0 amide bonds. The number of guanidine groups is 1. The van der Waals surface area contributed by atoms with Crippen LogP contribution in [0.4, 0.5) is 13.2 Å². The number of aromatic nitrogens is 1. The second-order valence-electron chi connectivity index (χ2n) is 6.33. The van der Waals surface area contributed by atoms with Gasteiger partial charge in [0.25, 0.3) is 0 Å². The smallest absolute Gasteiger partial charge is 0.367 e. The number of aliphatic imine (C=N–C) groups is 1. The summed E-state index contributed by atoms with van der Waals surface area (Å²) in [6, 6.07) is 11.3. The molecule has 1 aromatic carbocycles. The number of nitrogens with one attached hydrogen (secondary N) is 2. The van der Waals surface area contributed by atoms with Crippen LogP contribution in [-0.2, 0) is 24.3 Å². The summed E-state index contributed by atoms with van der Waals surface area (Å²) >= 11 is 0. The van der Waals surface area contributed by atoms with Gasteiger partial charge in [-0.15, -0.1) is 24.0 Å². The molecule has 0 atom stereocenters. The highest BCUT2D eigenvalue weighted by molar-refractivity contribution is 14.0. The van der Waals surface area contributed by atoms with Crippen molar-refractivity contribution >= 4 is 29.9 Å². The molecule has 0 unspecified atom stereocenters. The molecule has 0 bridgehead atoms. The molecule has 0 aliphatic heterocycles. The lowest BCUT2D eigenvalue weighted by Gasteiger charge is -2.12. The fourth-order valence-electron chi connectivity index (χ4n) is 2.42. The maximum Gasteiger partial charge on any atom is 0.411 e. The lowest BCUT2D eigenvalue weighted by Crippen LogP contribution is -2.37. The quantitative estimate of drug-likeness (QED) is 0.313. The molecule has 0 fully saturated rings. The van der Waals surface area contributed by atoms with Crippen molar-refractivity contribution < 1.29 is 17.9 Å². The van der Waals surface area contributed by atoms with Gasteiger partial charge in [0.05, 0.1) is 6.61 Å². The topological polar surface area (TPSA) is 58.5 Å². The van der Waals surface area contributed by atoms with Crippen molar-refractivity contribution in [1.82, 2.24) is 15.6 Å². The van der Waals surface area contributed by atoms with Crippen molar-refractivity contribution in [2.75, 3.05) is 20.2 Å². The summed E-state index contributed by atoms with van der Waals surface area (Å²) in [5.41, 5.74) is 3.83. The van der Waals surface area contributed by atoms with E-state index in [1.54, 1.807) is 19.2 Å². The molecule has 5 nitrogen and oxygen atoms in total. The number of aryl methyl sites for hydroxylation is 1. The van der Waals surface area contributed by atoms with Gasteiger partial charge in [-0.05, 0) is 36.1 Å². The van der Waals surface area contributed by atoms with E-state index < -0.39 is 12.8 Å². The van der Waals surface area contributed by atoms with Crippen molar-refractivity contribution in [3.05, 3.63) is 65.0 Å². The fourth-order valence-corrected chi connectivity index (χ4v) is 2.42. The zero-order valence-electron chi connectivity index (χ0n) is 16.4. The van der Waals surface area contributed by atoms with E-state index in [0.717, 1.165) is 29.8 Å². The van der Waals surface area contributed by atoms with E-state index in [9.17, 15) is 13.2 Å². The van der Waals surface area contributed by atoms with E-state index in [4.69, 9.17) is 0 Å². The van der Waals surface area contributed by atoms with Crippen molar-refractivity contribution in [1.29, 1.82) is 0 Å². The molecule has 9 heteroatoms. The fraction of sp³-hybridized carbons (Fsp3) is 0.400. The standard InChI is InChI=1S/C20H25F3N4O.HI/c1-15-3-4-17(11-26-15)9-10-25-19(24-2)27-12-16-5-7-18(8-6-16)13-28-14-20(21,22)23;/h3-8,11H,9-10,12-14H2,1-2H3,(H2,24,25,27);1H. The highest BCUT2D eigenvalue weighted by atomic mass is 127. The molecule has 2 aromatic rings. The average Bonchev–Trinajstić information content (AvgIpc) is 2.66. The number of alkyl halides is 3. The minimum atomic E-state index is -4.30. The summed E-state index contributed by atoms with van der Waals surface area (Å²) in [5, 5.41) is 6.45. The molecular formula is C20H26F3IN4O. The first-order valence-corrected chi connectivity index (χ1v) is 8.94. The summed E-state index contributed by atoms with van der Waals surface area (Å²) in [5.74, 6) is 0.678. The maximum atomic E-state index is 12.1. The van der Waals surface area contributed by atoms with E-state index in [-0.39, 0.29) is 30.6 Å². The molecule has 0 aliphatic carbocycles. The number of halogens is 4. The highest BCUT2D eigenvalue weighted by Crippen LogP contribution is 2.15. The van der Waals surface area contributed by atoms with Crippen molar-refractivity contribution in [3.8, 4) is 0 Å². The zero-order chi connectivity index (χ0) is 20.4. The summed E-state index contributed by atoms with van der Waals surface area (Å²) in [4.78, 5) is 8.45. The Morgan fingerprint density at radius 2 is 1.69 bits per heavy atom. The number of rotatable bonds is 8. The van der Waals surface area contributed by atoms with Crippen LogP contribution in [0.2, 0.25) is 0 Å². The van der Waals surface area contributed by atoms with Crippen molar-refractivity contribution in [3.63, 3.8) is 0 Å². The normalized spacial score (nSPS) is 11.7. The van der Waals surface area contributed by atoms with Gasteiger partial charge in [0, 0.05) is 32.0 Å². The number of pyridine rings is 1. The Hall–Kier alpha value is -1.88. The van der Waals surface area contributed by atoms with Crippen molar-refractivity contribution in [2.45, 2.75) is 32.7 Å². The van der Waals surface area contributed by atoms with Crippen LogP contribution in [0.15, 0.2) is 47.6 Å². The minimum Gasteiger partial charge on any atom is -0.367 e. The molecule has 0 radical (unpaired) electrons. The van der Waals surface area contributed by atoms with E-state index >= 15 is 0 Å². The molecular weight excluding hydrogens is 496 g/mol. The Labute approximate surface area is 186 Å². The predicted octanol–water partition coefficient (Wildman–Crippen LogP) is 3.99. The number of benzene rings is 1. The molecule has 0 saturated carbocycles. The Kier molecular flexibility index (Phi) is 11.0. The van der Waals surface area contributed by atoms with Crippen LogP contribution in [0.5, 0.6) is 0 Å². The molecule has 1 aromatic heterocycles. The van der Waals surface area contributed by atoms with Gasteiger partial charge in [-0.25, -0.2) is 0 Å². The van der Waals surface area contributed by atoms with E-state index in [1.807, 2.05) is 31.3 Å². The van der Waals surface area contributed by atoms with Crippen LogP contribution >= 0.6 is 24.0 Å². The van der Waals surface area contributed by atoms with Crippen LogP contribution in [0.1, 0.15) is 22.4 Å². The number of nitrogens with zero attached hydrogens (tertiary/aromatic N) is 2. The molecule has 29 heavy (non-hydrogen) atoms. The average molecular weight is 522 g/mol. The Bertz CT molecular complexity index is 750. The second kappa shape index (κ2) is 12.6. The lowest BCUT2D eigenvalue weighted by atomic mass is 10.1. The first-order chi connectivity index (χ1) is 13.4. The number of ether oxygens (including phenoxy) is 1. The third kappa shape index (κ3) is 10.5. The van der Waals surface area contributed by atoms with Gasteiger partial charge in [-0.2, -0.15) is 13.2 Å². The van der Waals surface area contributed by atoms with Crippen LogP contribution in [-0.4, -0.2) is 37.3 Å². The lowest BCUT2D eigenvalue weighted by molar-refractivity contribution is -0.176. The first-order valence-electron chi connectivity index (χ1n) is 8.94. The van der Waals surface area contributed by atoms with Crippen LogP contribution in [0, 0.1) is 6.92 Å². The van der Waals surface area contributed by atoms with Gasteiger partial charge in [-0.3, -0.25) is 9.98 Å². The number of hydrogen-bond acceptors (Lipinski definition) is 3. The molecule has 2 N–H and O–H groups in total. The Morgan fingerprint density at radius 3 is 2.28 bits per heavy atom.